The number of anilines is 3. The van der Waals surface area contributed by atoms with Crippen LogP contribution < -0.4 is 15.1 Å². The van der Waals surface area contributed by atoms with Crippen LogP contribution in [0.2, 0.25) is 0 Å². The number of aromatic nitrogens is 2. The third kappa shape index (κ3) is 4.98. The first-order valence-corrected chi connectivity index (χ1v) is 11.7. The molecule has 2 fully saturated rings. The highest BCUT2D eigenvalue weighted by Gasteiger charge is 2.31. The molecule has 4 rings (SSSR count). The van der Waals surface area contributed by atoms with E-state index in [1.165, 1.54) is 35.3 Å². The Hall–Kier alpha value is -2.68. The molecule has 0 bridgehead atoms. The van der Waals surface area contributed by atoms with Gasteiger partial charge in [-0.25, -0.2) is 0 Å². The van der Waals surface area contributed by atoms with Crippen molar-refractivity contribution < 1.29 is 9.59 Å². The molecule has 0 saturated carbocycles. The molecule has 8 nitrogen and oxygen atoms in total. The first kappa shape index (κ1) is 21.5. The van der Waals surface area contributed by atoms with Crippen LogP contribution in [0.25, 0.3) is 0 Å². The number of piperidine rings is 1. The molecule has 166 valence electrons. The van der Waals surface area contributed by atoms with Gasteiger partial charge in [0.25, 0.3) is 0 Å². The van der Waals surface area contributed by atoms with E-state index in [0.29, 0.717) is 5.95 Å². The van der Waals surface area contributed by atoms with Gasteiger partial charge < -0.3 is 14.7 Å². The summed E-state index contributed by atoms with van der Waals surface area (Å²) in [6.07, 6.45) is 1.65. The van der Waals surface area contributed by atoms with Gasteiger partial charge in [-0.05, 0) is 43.9 Å². The fraction of sp³-hybridized carbons (Fsp3) is 0.545. The van der Waals surface area contributed by atoms with Crippen molar-refractivity contribution in [2.24, 2.45) is 5.92 Å². The SMILES string of the molecule is CC(=O)Nc1nsc(N2CCC(C(=O)N3CCN(c4cc(C)ccc4C)CC3)CC2)n1. The van der Waals surface area contributed by atoms with E-state index in [1.54, 1.807) is 0 Å². The van der Waals surface area contributed by atoms with Crippen LogP contribution in [-0.4, -0.2) is 65.3 Å². The summed E-state index contributed by atoms with van der Waals surface area (Å²) in [6.45, 7) is 10.6. The molecule has 3 heterocycles. The van der Waals surface area contributed by atoms with Crippen molar-refractivity contribution in [1.29, 1.82) is 0 Å². The van der Waals surface area contributed by atoms with Crippen LogP contribution in [0.5, 0.6) is 0 Å². The molecule has 2 saturated heterocycles. The lowest BCUT2D eigenvalue weighted by Crippen LogP contribution is -2.51. The summed E-state index contributed by atoms with van der Waals surface area (Å²) in [5.74, 6) is 0.543. The molecule has 0 radical (unpaired) electrons. The fourth-order valence-corrected chi connectivity index (χ4v) is 5.04. The molecule has 2 aliphatic heterocycles. The van der Waals surface area contributed by atoms with E-state index in [2.05, 4.69) is 56.5 Å². The minimum atomic E-state index is -0.175. The van der Waals surface area contributed by atoms with Gasteiger partial charge >= 0.3 is 0 Å². The van der Waals surface area contributed by atoms with Crippen molar-refractivity contribution in [3.8, 4) is 0 Å². The molecule has 0 spiro atoms. The van der Waals surface area contributed by atoms with E-state index in [4.69, 9.17) is 0 Å². The van der Waals surface area contributed by atoms with Crippen LogP contribution in [-0.2, 0) is 9.59 Å². The lowest BCUT2D eigenvalue weighted by Gasteiger charge is -2.39. The summed E-state index contributed by atoms with van der Waals surface area (Å²) in [5, 5.41) is 3.42. The van der Waals surface area contributed by atoms with Crippen molar-refractivity contribution in [1.82, 2.24) is 14.3 Å². The van der Waals surface area contributed by atoms with Gasteiger partial charge in [-0.2, -0.15) is 9.36 Å². The number of hydrogen-bond acceptors (Lipinski definition) is 7. The van der Waals surface area contributed by atoms with Crippen molar-refractivity contribution >= 4 is 40.1 Å². The molecule has 9 heteroatoms. The second-order valence-corrected chi connectivity index (χ2v) is 9.18. The maximum Gasteiger partial charge on any atom is 0.243 e. The third-order valence-corrected chi connectivity index (χ3v) is 6.89. The normalized spacial score (nSPS) is 17.7. The quantitative estimate of drug-likeness (QED) is 0.784. The van der Waals surface area contributed by atoms with Crippen LogP contribution in [0.3, 0.4) is 0 Å². The van der Waals surface area contributed by atoms with Crippen LogP contribution in [0.15, 0.2) is 18.2 Å². The molecule has 31 heavy (non-hydrogen) atoms. The number of aryl methyl sites for hydroxylation is 2. The number of nitrogens with zero attached hydrogens (tertiary/aromatic N) is 5. The highest BCUT2D eigenvalue weighted by atomic mass is 32.1. The Morgan fingerprint density at radius 2 is 1.74 bits per heavy atom. The van der Waals surface area contributed by atoms with Gasteiger partial charge in [0.15, 0.2) is 0 Å². The van der Waals surface area contributed by atoms with Gasteiger partial charge in [0.2, 0.25) is 22.9 Å². The lowest BCUT2D eigenvalue weighted by molar-refractivity contribution is -0.136. The second-order valence-electron chi connectivity index (χ2n) is 8.45. The van der Waals surface area contributed by atoms with E-state index in [0.717, 1.165) is 57.2 Å². The fourth-order valence-electron chi connectivity index (χ4n) is 4.36. The molecule has 0 aliphatic carbocycles. The molecular weight excluding hydrogens is 412 g/mol. The van der Waals surface area contributed by atoms with Gasteiger partial charge in [0.1, 0.15) is 0 Å². The van der Waals surface area contributed by atoms with E-state index >= 15 is 0 Å². The van der Waals surface area contributed by atoms with Crippen LogP contribution in [0.1, 0.15) is 30.9 Å². The average molecular weight is 443 g/mol. The Balaban J connectivity index is 1.28. The minimum absolute atomic E-state index is 0.0752. The summed E-state index contributed by atoms with van der Waals surface area (Å²) in [5.41, 5.74) is 3.85. The molecule has 1 N–H and O–H groups in total. The maximum atomic E-state index is 13.1. The van der Waals surface area contributed by atoms with Crippen LogP contribution in [0, 0.1) is 19.8 Å². The summed E-state index contributed by atoms with van der Waals surface area (Å²) in [4.78, 5) is 35.2. The number of piperazine rings is 1. The number of hydrogen-bond donors (Lipinski definition) is 1. The molecule has 2 aliphatic rings. The maximum absolute atomic E-state index is 13.1. The van der Waals surface area contributed by atoms with E-state index < -0.39 is 0 Å². The summed E-state index contributed by atoms with van der Waals surface area (Å²) < 4.78 is 4.18. The summed E-state index contributed by atoms with van der Waals surface area (Å²) >= 11 is 1.29. The second kappa shape index (κ2) is 9.21. The van der Waals surface area contributed by atoms with Crippen LogP contribution >= 0.6 is 11.5 Å². The minimum Gasteiger partial charge on any atom is -0.368 e. The van der Waals surface area contributed by atoms with Gasteiger partial charge in [0, 0.05) is 69.3 Å². The first-order valence-electron chi connectivity index (χ1n) is 10.9. The van der Waals surface area contributed by atoms with Crippen molar-refractivity contribution in [2.45, 2.75) is 33.6 Å². The van der Waals surface area contributed by atoms with Gasteiger partial charge in [0.05, 0.1) is 0 Å². The van der Waals surface area contributed by atoms with Crippen molar-refractivity contribution in [3.05, 3.63) is 29.3 Å². The molecule has 2 aromatic rings. The Labute approximate surface area is 187 Å². The monoisotopic (exact) mass is 442 g/mol. The molecule has 1 aromatic heterocycles. The zero-order valence-corrected chi connectivity index (χ0v) is 19.2. The molecule has 2 amide bonds. The highest BCUT2D eigenvalue weighted by Crippen LogP contribution is 2.28. The number of benzene rings is 1. The van der Waals surface area contributed by atoms with Crippen molar-refractivity contribution in [3.63, 3.8) is 0 Å². The predicted octanol–water partition coefficient (Wildman–Crippen LogP) is 2.68. The molecule has 0 atom stereocenters. The van der Waals surface area contributed by atoms with E-state index in [-0.39, 0.29) is 17.7 Å². The Morgan fingerprint density at radius 3 is 2.42 bits per heavy atom. The molecule has 0 unspecified atom stereocenters. The number of rotatable bonds is 4. The largest absolute Gasteiger partial charge is 0.368 e. The highest BCUT2D eigenvalue weighted by molar-refractivity contribution is 7.09. The summed E-state index contributed by atoms with van der Waals surface area (Å²) in [7, 11) is 0. The average Bonchev–Trinajstić information content (AvgIpc) is 3.23. The van der Waals surface area contributed by atoms with E-state index in [9.17, 15) is 9.59 Å². The Bertz CT molecular complexity index is 945. The zero-order valence-electron chi connectivity index (χ0n) is 18.4. The predicted molar refractivity (Wildman–Crippen MR) is 124 cm³/mol. The number of nitrogens with one attached hydrogen (secondary N) is 1. The standard InChI is InChI=1S/C22H30N6O2S/c1-15-4-5-16(2)19(14-15)26-10-12-27(13-11-26)20(30)18-6-8-28(9-7-18)22-24-21(25-31-22)23-17(3)29/h4-5,14,18H,6-13H2,1-3H3,(H,23,25,29). The number of carbonyl (C=O) groups is 2. The van der Waals surface area contributed by atoms with E-state index in [1.807, 2.05) is 4.90 Å². The number of carbonyl (C=O) groups excluding carboxylic acids is 2. The van der Waals surface area contributed by atoms with Crippen molar-refractivity contribution in [2.75, 3.05) is 54.4 Å². The van der Waals surface area contributed by atoms with Gasteiger partial charge in [-0.3, -0.25) is 14.9 Å². The zero-order chi connectivity index (χ0) is 22.0. The Kier molecular flexibility index (Phi) is 6.41. The number of amides is 2. The van der Waals surface area contributed by atoms with Gasteiger partial charge in [-0.1, -0.05) is 12.1 Å². The molecular formula is C22H30N6O2S. The topological polar surface area (TPSA) is 81.7 Å². The first-order chi connectivity index (χ1) is 14.9. The Morgan fingerprint density at radius 1 is 1.03 bits per heavy atom. The smallest absolute Gasteiger partial charge is 0.243 e. The van der Waals surface area contributed by atoms with Gasteiger partial charge in [-0.15, -0.1) is 0 Å². The third-order valence-electron chi connectivity index (χ3n) is 6.11. The molecule has 1 aromatic carbocycles. The summed E-state index contributed by atoms with van der Waals surface area (Å²) in [6, 6.07) is 6.56. The van der Waals surface area contributed by atoms with Crippen LogP contribution in [0.4, 0.5) is 16.8 Å². The lowest BCUT2D eigenvalue weighted by atomic mass is 9.95.